The van der Waals surface area contributed by atoms with E-state index in [9.17, 15) is 9.59 Å². The van der Waals surface area contributed by atoms with Crippen LogP contribution in [0.3, 0.4) is 0 Å². The van der Waals surface area contributed by atoms with E-state index < -0.39 is 0 Å². The highest BCUT2D eigenvalue weighted by Crippen LogP contribution is 2.00. The predicted octanol–water partition coefficient (Wildman–Crippen LogP) is 0.0877. The number of H-pyrrole nitrogens is 1. The van der Waals surface area contributed by atoms with Crippen LogP contribution in [-0.2, 0) is 6.54 Å². The molecule has 0 radical (unpaired) electrons. The number of aliphatic hydroxyl groups excluding tert-OH is 1. The average Bonchev–Trinajstić information content (AvgIpc) is 2.14. The molecule has 0 fully saturated rings. The van der Waals surface area contributed by atoms with Crippen molar-refractivity contribution >= 4 is 0 Å². The fourth-order valence-corrected chi connectivity index (χ4v) is 1.34. The first-order valence-corrected chi connectivity index (χ1v) is 5.07. The predicted molar refractivity (Wildman–Crippen MR) is 56.9 cm³/mol. The Hall–Kier alpha value is -1.36. The summed E-state index contributed by atoms with van der Waals surface area (Å²) in [5, 5.41) is 9.02. The molecule has 2 N–H and O–H groups in total. The van der Waals surface area contributed by atoms with Gasteiger partial charge in [0, 0.05) is 18.8 Å². The average molecular weight is 212 g/mol. The minimum absolute atomic E-state index is 0.294. The second-order valence-corrected chi connectivity index (χ2v) is 3.65. The van der Waals surface area contributed by atoms with Crippen LogP contribution < -0.4 is 11.2 Å². The zero-order chi connectivity index (χ0) is 11.3. The van der Waals surface area contributed by atoms with Crippen molar-refractivity contribution < 1.29 is 5.11 Å². The van der Waals surface area contributed by atoms with E-state index in [1.54, 1.807) is 6.92 Å². The molecule has 0 aliphatic heterocycles. The van der Waals surface area contributed by atoms with Gasteiger partial charge in [0.1, 0.15) is 0 Å². The topological polar surface area (TPSA) is 75.1 Å². The van der Waals surface area contributed by atoms with Crippen LogP contribution in [0.5, 0.6) is 0 Å². The number of rotatable bonds is 5. The maximum absolute atomic E-state index is 11.2. The molecule has 5 nitrogen and oxygen atoms in total. The van der Waals surface area contributed by atoms with E-state index in [-0.39, 0.29) is 17.4 Å². The van der Waals surface area contributed by atoms with E-state index in [0.29, 0.717) is 6.54 Å². The highest BCUT2D eigenvalue weighted by Gasteiger charge is 1.98. The van der Waals surface area contributed by atoms with Gasteiger partial charge >= 0.3 is 5.69 Å². The number of hydrogen-bond donors (Lipinski definition) is 2. The summed E-state index contributed by atoms with van der Waals surface area (Å²) < 4.78 is 1.46. The van der Waals surface area contributed by atoms with Crippen molar-refractivity contribution in [1.29, 1.82) is 0 Å². The fraction of sp³-hybridized carbons (Fsp3) is 0.600. The van der Waals surface area contributed by atoms with Crippen molar-refractivity contribution in [3.05, 3.63) is 33.1 Å². The molecule has 0 aromatic carbocycles. The lowest BCUT2D eigenvalue weighted by Gasteiger charge is -2.05. The molecule has 84 valence electrons. The summed E-state index contributed by atoms with van der Waals surface area (Å²) in [6, 6.07) is 1.33. The van der Waals surface area contributed by atoms with Gasteiger partial charge in [0.05, 0.1) is 6.10 Å². The Morgan fingerprint density at radius 3 is 2.80 bits per heavy atom. The molecule has 0 saturated heterocycles. The van der Waals surface area contributed by atoms with E-state index >= 15 is 0 Å². The SMILES string of the molecule is CC(O)CCCCn1ccc(=O)[nH]c1=O. The van der Waals surface area contributed by atoms with Crippen LogP contribution in [0.15, 0.2) is 21.9 Å². The molecule has 1 atom stereocenters. The summed E-state index contributed by atoms with van der Waals surface area (Å²) in [7, 11) is 0. The molecular weight excluding hydrogens is 196 g/mol. The van der Waals surface area contributed by atoms with Gasteiger partial charge in [-0.05, 0) is 26.2 Å². The smallest absolute Gasteiger partial charge is 0.328 e. The normalized spacial score (nSPS) is 12.7. The summed E-state index contributed by atoms with van der Waals surface area (Å²) in [5.41, 5.74) is -0.750. The molecule has 1 unspecified atom stereocenters. The molecule has 1 aromatic heterocycles. The molecule has 1 aromatic rings. The first kappa shape index (κ1) is 11.7. The van der Waals surface area contributed by atoms with Crippen LogP contribution in [0, 0.1) is 0 Å². The molecule has 5 heteroatoms. The van der Waals surface area contributed by atoms with E-state index in [4.69, 9.17) is 5.11 Å². The van der Waals surface area contributed by atoms with E-state index in [1.807, 2.05) is 0 Å². The van der Waals surface area contributed by atoms with Crippen LogP contribution in [0.1, 0.15) is 26.2 Å². The number of aromatic amines is 1. The van der Waals surface area contributed by atoms with E-state index in [1.165, 1.54) is 16.8 Å². The van der Waals surface area contributed by atoms with Crippen molar-refractivity contribution in [2.24, 2.45) is 0 Å². The third kappa shape index (κ3) is 4.12. The molecule has 0 saturated carbocycles. The van der Waals surface area contributed by atoms with Gasteiger partial charge in [-0.2, -0.15) is 0 Å². The van der Waals surface area contributed by atoms with Crippen LogP contribution in [0.4, 0.5) is 0 Å². The van der Waals surface area contributed by atoms with Gasteiger partial charge < -0.3 is 9.67 Å². The zero-order valence-electron chi connectivity index (χ0n) is 8.77. The standard InChI is InChI=1S/C10H16N2O3/c1-8(13)4-2-3-6-12-7-5-9(14)11-10(12)15/h5,7-8,13H,2-4,6H2,1H3,(H,11,14,15). The monoisotopic (exact) mass is 212 g/mol. The Morgan fingerprint density at radius 1 is 1.47 bits per heavy atom. The Kier molecular flexibility index (Phi) is 4.30. The Morgan fingerprint density at radius 2 is 2.20 bits per heavy atom. The summed E-state index contributed by atoms with van der Waals surface area (Å²) in [6.45, 7) is 2.31. The van der Waals surface area contributed by atoms with Crippen molar-refractivity contribution in [3.63, 3.8) is 0 Å². The Labute approximate surface area is 87.4 Å². The quantitative estimate of drug-likeness (QED) is 0.679. The molecule has 0 aliphatic rings. The third-order valence-electron chi connectivity index (χ3n) is 2.17. The summed E-state index contributed by atoms with van der Waals surface area (Å²) in [6.07, 6.45) is 3.61. The lowest BCUT2D eigenvalue weighted by Crippen LogP contribution is -2.28. The molecule has 15 heavy (non-hydrogen) atoms. The second kappa shape index (κ2) is 5.50. The third-order valence-corrected chi connectivity index (χ3v) is 2.17. The number of aryl methyl sites for hydroxylation is 1. The van der Waals surface area contributed by atoms with Gasteiger partial charge in [0.15, 0.2) is 0 Å². The van der Waals surface area contributed by atoms with Gasteiger partial charge in [-0.25, -0.2) is 4.79 Å². The van der Waals surface area contributed by atoms with Gasteiger partial charge in [-0.1, -0.05) is 0 Å². The van der Waals surface area contributed by atoms with Crippen LogP contribution in [0.25, 0.3) is 0 Å². The summed E-state index contributed by atoms with van der Waals surface area (Å²) in [4.78, 5) is 24.2. The van der Waals surface area contributed by atoms with Crippen LogP contribution in [0.2, 0.25) is 0 Å². The highest BCUT2D eigenvalue weighted by molar-refractivity contribution is 4.82. The minimum Gasteiger partial charge on any atom is -0.393 e. The number of nitrogens with one attached hydrogen (secondary N) is 1. The molecule has 0 aliphatic carbocycles. The van der Waals surface area contributed by atoms with Crippen molar-refractivity contribution in [1.82, 2.24) is 9.55 Å². The maximum Gasteiger partial charge on any atom is 0.328 e. The number of hydrogen-bond acceptors (Lipinski definition) is 3. The van der Waals surface area contributed by atoms with Crippen molar-refractivity contribution in [2.45, 2.75) is 38.8 Å². The molecule has 0 amide bonds. The van der Waals surface area contributed by atoms with E-state index in [0.717, 1.165) is 19.3 Å². The molecule has 0 bridgehead atoms. The van der Waals surface area contributed by atoms with Crippen LogP contribution in [-0.4, -0.2) is 20.8 Å². The van der Waals surface area contributed by atoms with Crippen molar-refractivity contribution in [2.75, 3.05) is 0 Å². The number of aliphatic hydroxyl groups is 1. The zero-order valence-corrected chi connectivity index (χ0v) is 8.77. The Balaban J connectivity index is 2.45. The minimum atomic E-state index is -0.375. The number of nitrogens with zero attached hydrogens (tertiary/aromatic N) is 1. The molecular formula is C10H16N2O3. The van der Waals surface area contributed by atoms with Crippen molar-refractivity contribution in [3.8, 4) is 0 Å². The van der Waals surface area contributed by atoms with Gasteiger partial charge in [-0.15, -0.1) is 0 Å². The largest absolute Gasteiger partial charge is 0.393 e. The van der Waals surface area contributed by atoms with E-state index in [2.05, 4.69) is 4.98 Å². The summed E-state index contributed by atoms with van der Waals surface area (Å²) >= 11 is 0. The lowest BCUT2D eigenvalue weighted by molar-refractivity contribution is 0.180. The first-order chi connectivity index (χ1) is 7.09. The van der Waals surface area contributed by atoms with Gasteiger partial charge in [0.25, 0.3) is 5.56 Å². The second-order valence-electron chi connectivity index (χ2n) is 3.65. The van der Waals surface area contributed by atoms with Crippen LogP contribution >= 0.6 is 0 Å². The van der Waals surface area contributed by atoms with Gasteiger partial charge in [0.2, 0.25) is 0 Å². The Bertz CT molecular complexity index is 406. The first-order valence-electron chi connectivity index (χ1n) is 5.07. The molecule has 1 heterocycles. The number of unbranched alkanes of at least 4 members (excludes halogenated alkanes) is 1. The lowest BCUT2D eigenvalue weighted by atomic mass is 10.2. The summed E-state index contributed by atoms with van der Waals surface area (Å²) in [5.74, 6) is 0. The van der Waals surface area contributed by atoms with Gasteiger partial charge in [-0.3, -0.25) is 9.78 Å². The molecule has 1 rings (SSSR count). The highest BCUT2D eigenvalue weighted by atomic mass is 16.3. The molecule has 0 spiro atoms. The number of aromatic nitrogens is 2. The maximum atomic E-state index is 11.2. The fourth-order valence-electron chi connectivity index (χ4n) is 1.34.